The highest BCUT2D eigenvalue weighted by atomic mass is 79.9. The number of hydrogen-bond acceptors (Lipinski definition) is 4. The molecule has 0 unspecified atom stereocenters. The van der Waals surface area contributed by atoms with Gasteiger partial charge in [-0.25, -0.2) is 4.98 Å². The normalized spacial score (nSPS) is 11.3. The summed E-state index contributed by atoms with van der Waals surface area (Å²) in [6.45, 7) is 1.15. The fourth-order valence-electron chi connectivity index (χ4n) is 1.26. The van der Waals surface area contributed by atoms with Crippen molar-refractivity contribution in [3.63, 3.8) is 0 Å². The van der Waals surface area contributed by atoms with Crippen LogP contribution in [0.2, 0.25) is 0 Å². The fraction of sp³-hybridized carbons (Fsp3) is 0.455. The predicted molar refractivity (Wildman–Crippen MR) is 66.6 cm³/mol. The van der Waals surface area contributed by atoms with Gasteiger partial charge in [-0.15, -0.1) is 0 Å². The summed E-state index contributed by atoms with van der Waals surface area (Å²) < 4.78 is 0.778. The SMILES string of the molecule is CCC(CO)(CO)NC(=O)c1ccc(Br)cn1. The van der Waals surface area contributed by atoms with Gasteiger partial charge in [0.2, 0.25) is 0 Å². The summed E-state index contributed by atoms with van der Waals surface area (Å²) in [5.74, 6) is -0.414. The van der Waals surface area contributed by atoms with Gasteiger partial charge in [-0.3, -0.25) is 4.79 Å². The summed E-state index contributed by atoms with van der Waals surface area (Å²) in [5.41, 5.74) is -0.751. The predicted octanol–water partition coefficient (Wildman–Crippen LogP) is 0.707. The second-order valence-corrected chi connectivity index (χ2v) is 4.68. The molecule has 1 rings (SSSR count). The zero-order chi connectivity index (χ0) is 12.9. The molecule has 0 bridgehead atoms. The average Bonchev–Trinajstić information content (AvgIpc) is 2.37. The van der Waals surface area contributed by atoms with Crippen LogP contribution in [0.3, 0.4) is 0 Å². The first-order valence-electron chi connectivity index (χ1n) is 5.22. The Morgan fingerprint density at radius 3 is 2.53 bits per heavy atom. The standard InChI is InChI=1S/C11H15BrN2O3/c1-2-11(6-15,7-16)14-10(17)9-4-3-8(12)5-13-9/h3-5,15-16H,2,6-7H2,1H3,(H,14,17). The second kappa shape index (κ2) is 6.09. The molecule has 0 aliphatic heterocycles. The van der Waals surface area contributed by atoms with Crippen LogP contribution in [0, 0.1) is 0 Å². The highest BCUT2D eigenvalue weighted by Gasteiger charge is 2.29. The number of carbonyl (C=O) groups excluding carboxylic acids is 1. The Morgan fingerprint density at radius 2 is 2.12 bits per heavy atom. The molecule has 1 amide bonds. The zero-order valence-corrected chi connectivity index (χ0v) is 11.1. The van der Waals surface area contributed by atoms with E-state index in [-0.39, 0.29) is 18.9 Å². The maximum absolute atomic E-state index is 11.8. The number of amides is 1. The van der Waals surface area contributed by atoms with E-state index in [4.69, 9.17) is 0 Å². The zero-order valence-electron chi connectivity index (χ0n) is 9.48. The van der Waals surface area contributed by atoms with Crippen LogP contribution < -0.4 is 5.32 Å². The topological polar surface area (TPSA) is 82.5 Å². The second-order valence-electron chi connectivity index (χ2n) is 3.77. The number of pyridine rings is 1. The van der Waals surface area contributed by atoms with Crippen molar-refractivity contribution in [2.45, 2.75) is 18.9 Å². The van der Waals surface area contributed by atoms with E-state index >= 15 is 0 Å². The lowest BCUT2D eigenvalue weighted by atomic mass is 9.98. The Balaban J connectivity index is 2.81. The molecule has 1 aromatic rings. The molecule has 0 aromatic carbocycles. The minimum atomic E-state index is -0.994. The monoisotopic (exact) mass is 302 g/mol. The molecule has 0 spiro atoms. The molecule has 3 N–H and O–H groups in total. The highest BCUT2D eigenvalue weighted by molar-refractivity contribution is 9.10. The Kier molecular flexibility index (Phi) is 5.04. The maximum Gasteiger partial charge on any atom is 0.270 e. The minimum absolute atomic E-state index is 0.243. The van der Waals surface area contributed by atoms with Gasteiger partial charge in [0.05, 0.1) is 18.8 Å². The van der Waals surface area contributed by atoms with Crippen molar-refractivity contribution in [1.82, 2.24) is 10.3 Å². The summed E-state index contributed by atoms with van der Waals surface area (Å²) in [5, 5.41) is 21.0. The molecule has 0 saturated carbocycles. The lowest BCUT2D eigenvalue weighted by Gasteiger charge is -2.29. The van der Waals surface area contributed by atoms with Crippen LogP contribution in [0.1, 0.15) is 23.8 Å². The van der Waals surface area contributed by atoms with Crippen molar-refractivity contribution in [3.8, 4) is 0 Å². The van der Waals surface area contributed by atoms with Gasteiger partial charge in [-0.1, -0.05) is 6.92 Å². The Morgan fingerprint density at radius 1 is 1.47 bits per heavy atom. The maximum atomic E-state index is 11.8. The van der Waals surface area contributed by atoms with E-state index in [1.807, 2.05) is 0 Å². The molecule has 1 heterocycles. The van der Waals surface area contributed by atoms with E-state index in [0.717, 1.165) is 4.47 Å². The average molecular weight is 303 g/mol. The van der Waals surface area contributed by atoms with Crippen molar-refractivity contribution in [2.24, 2.45) is 0 Å². The Labute approximate surface area is 108 Å². The van der Waals surface area contributed by atoms with Crippen molar-refractivity contribution < 1.29 is 15.0 Å². The van der Waals surface area contributed by atoms with Crippen LogP contribution in [0.15, 0.2) is 22.8 Å². The van der Waals surface area contributed by atoms with Crippen molar-refractivity contribution >= 4 is 21.8 Å². The Bertz CT molecular complexity index is 369. The number of aromatic nitrogens is 1. The van der Waals surface area contributed by atoms with E-state index in [1.165, 1.54) is 6.20 Å². The molecule has 17 heavy (non-hydrogen) atoms. The number of rotatable bonds is 5. The van der Waals surface area contributed by atoms with E-state index < -0.39 is 11.4 Å². The smallest absolute Gasteiger partial charge is 0.270 e. The number of aliphatic hydroxyl groups is 2. The highest BCUT2D eigenvalue weighted by Crippen LogP contribution is 2.11. The third-order valence-electron chi connectivity index (χ3n) is 2.62. The number of nitrogens with zero attached hydrogens (tertiary/aromatic N) is 1. The number of aliphatic hydroxyl groups excluding tert-OH is 2. The van der Waals surface area contributed by atoms with E-state index in [0.29, 0.717) is 6.42 Å². The first kappa shape index (κ1) is 14.1. The van der Waals surface area contributed by atoms with Crippen molar-refractivity contribution in [2.75, 3.05) is 13.2 Å². The summed E-state index contributed by atoms with van der Waals surface area (Å²) in [6, 6.07) is 3.27. The van der Waals surface area contributed by atoms with E-state index in [9.17, 15) is 15.0 Å². The van der Waals surface area contributed by atoms with Gasteiger partial charge in [-0.05, 0) is 34.5 Å². The van der Waals surface area contributed by atoms with Crippen LogP contribution in [0.25, 0.3) is 0 Å². The number of nitrogens with one attached hydrogen (secondary N) is 1. The number of hydrogen-bond donors (Lipinski definition) is 3. The Hall–Kier alpha value is -0.980. The largest absolute Gasteiger partial charge is 0.394 e. The van der Waals surface area contributed by atoms with Crippen LogP contribution in [-0.2, 0) is 0 Å². The van der Waals surface area contributed by atoms with Crippen molar-refractivity contribution in [3.05, 3.63) is 28.5 Å². The first-order valence-corrected chi connectivity index (χ1v) is 6.02. The third-order valence-corrected chi connectivity index (χ3v) is 3.09. The summed E-state index contributed by atoms with van der Waals surface area (Å²) in [6.07, 6.45) is 1.95. The molecule has 1 aromatic heterocycles. The molecule has 0 aliphatic rings. The van der Waals surface area contributed by atoms with Crippen LogP contribution in [-0.4, -0.2) is 39.9 Å². The van der Waals surface area contributed by atoms with Crippen LogP contribution in [0.4, 0.5) is 0 Å². The minimum Gasteiger partial charge on any atom is -0.394 e. The van der Waals surface area contributed by atoms with Gasteiger partial charge in [-0.2, -0.15) is 0 Å². The third kappa shape index (κ3) is 3.49. The van der Waals surface area contributed by atoms with E-state index in [1.54, 1.807) is 19.1 Å². The van der Waals surface area contributed by atoms with Crippen LogP contribution in [0.5, 0.6) is 0 Å². The van der Waals surface area contributed by atoms with Gasteiger partial charge in [0.15, 0.2) is 0 Å². The molecule has 0 saturated heterocycles. The molecular formula is C11H15BrN2O3. The molecule has 0 atom stereocenters. The molecule has 0 fully saturated rings. The number of carbonyl (C=O) groups is 1. The quantitative estimate of drug-likeness (QED) is 0.748. The lowest BCUT2D eigenvalue weighted by molar-refractivity contribution is 0.0649. The molecule has 0 aliphatic carbocycles. The summed E-state index contributed by atoms with van der Waals surface area (Å²) in [4.78, 5) is 15.8. The van der Waals surface area contributed by atoms with E-state index in [2.05, 4.69) is 26.2 Å². The molecule has 0 radical (unpaired) electrons. The van der Waals surface area contributed by atoms with Gasteiger partial charge in [0.25, 0.3) is 5.91 Å². The lowest BCUT2D eigenvalue weighted by Crippen LogP contribution is -2.53. The van der Waals surface area contributed by atoms with Gasteiger partial charge in [0.1, 0.15) is 5.69 Å². The molecule has 94 valence electrons. The fourth-order valence-corrected chi connectivity index (χ4v) is 1.49. The van der Waals surface area contributed by atoms with Gasteiger partial charge < -0.3 is 15.5 Å². The molecule has 6 heteroatoms. The van der Waals surface area contributed by atoms with Crippen LogP contribution >= 0.6 is 15.9 Å². The molecular weight excluding hydrogens is 288 g/mol. The first-order chi connectivity index (χ1) is 8.06. The number of halogens is 1. The summed E-state index contributed by atoms with van der Waals surface area (Å²) >= 11 is 3.22. The van der Waals surface area contributed by atoms with Crippen molar-refractivity contribution in [1.29, 1.82) is 0 Å². The summed E-state index contributed by atoms with van der Waals surface area (Å²) in [7, 11) is 0. The van der Waals surface area contributed by atoms with Gasteiger partial charge in [0, 0.05) is 10.7 Å². The molecule has 5 nitrogen and oxygen atoms in total. The van der Waals surface area contributed by atoms with Gasteiger partial charge >= 0.3 is 0 Å².